The zero-order valence-corrected chi connectivity index (χ0v) is 10.5. The quantitative estimate of drug-likeness (QED) is 0.648. The first-order valence-corrected chi connectivity index (χ1v) is 5.78. The summed E-state index contributed by atoms with van der Waals surface area (Å²) in [7, 11) is 1.63. The molecule has 0 radical (unpaired) electrons. The molecule has 0 aliphatic carbocycles. The summed E-state index contributed by atoms with van der Waals surface area (Å²) >= 11 is 0. The molecule has 0 aromatic heterocycles. The molecule has 1 heterocycles. The fourth-order valence-electron chi connectivity index (χ4n) is 1.99. The maximum atomic E-state index is 11.6. The van der Waals surface area contributed by atoms with Crippen LogP contribution in [0.1, 0.15) is 20.3 Å². The summed E-state index contributed by atoms with van der Waals surface area (Å²) in [6.07, 6.45) is 0.963. The Kier molecular flexibility index (Phi) is 4.70. The third-order valence-corrected chi connectivity index (χ3v) is 2.97. The van der Waals surface area contributed by atoms with Gasteiger partial charge >= 0.3 is 0 Å². The first-order valence-electron chi connectivity index (χ1n) is 5.78. The molecule has 3 N–H and O–H groups in total. The van der Waals surface area contributed by atoms with Crippen molar-refractivity contribution in [2.24, 2.45) is 5.73 Å². The SMILES string of the molecule is CCC1(N)CN(CC(=O)NC(C)COC)C1. The highest BCUT2D eigenvalue weighted by atomic mass is 16.5. The lowest BCUT2D eigenvalue weighted by atomic mass is 9.88. The van der Waals surface area contributed by atoms with Crippen LogP contribution in [0.2, 0.25) is 0 Å². The first kappa shape index (κ1) is 13.4. The van der Waals surface area contributed by atoms with Crippen molar-refractivity contribution >= 4 is 5.91 Å². The van der Waals surface area contributed by atoms with E-state index in [4.69, 9.17) is 10.5 Å². The highest BCUT2D eigenvalue weighted by Crippen LogP contribution is 2.20. The average Bonchev–Trinajstić information content (AvgIpc) is 2.15. The second-order valence-corrected chi connectivity index (χ2v) is 4.78. The molecule has 1 atom stereocenters. The summed E-state index contributed by atoms with van der Waals surface area (Å²) in [6.45, 7) is 6.62. The van der Waals surface area contributed by atoms with E-state index in [1.54, 1.807) is 7.11 Å². The van der Waals surface area contributed by atoms with Gasteiger partial charge in [0, 0.05) is 31.8 Å². The van der Waals surface area contributed by atoms with E-state index < -0.39 is 0 Å². The molecule has 1 saturated heterocycles. The van der Waals surface area contributed by atoms with E-state index in [2.05, 4.69) is 17.1 Å². The Morgan fingerprint density at radius 2 is 2.25 bits per heavy atom. The van der Waals surface area contributed by atoms with Gasteiger partial charge in [-0.15, -0.1) is 0 Å². The van der Waals surface area contributed by atoms with Crippen LogP contribution in [0.25, 0.3) is 0 Å². The zero-order chi connectivity index (χ0) is 12.2. The summed E-state index contributed by atoms with van der Waals surface area (Å²) in [5.41, 5.74) is 5.95. The predicted molar refractivity (Wildman–Crippen MR) is 63.1 cm³/mol. The van der Waals surface area contributed by atoms with E-state index in [9.17, 15) is 4.79 Å². The van der Waals surface area contributed by atoms with E-state index in [0.717, 1.165) is 19.5 Å². The number of amides is 1. The van der Waals surface area contributed by atoms with Gasteiger partial charge in [0.15, 0.2) is 0 Å². The monoisotopic (exact) mass is 229 g/mol. The van der Waals surface area contributed by atoms with Crippen molar-refractivity contribution in [2.45, 2.75) is 31.8 Å². The zero-order valence-electron chi connectivity index (χ0n) is 10.5. The van der Waals surface area contributed by atoms with Crippen molar-refractivity contribution in [2.75, 3.05) is 33.4 Å². The lowest BCUT2D eigenvalue weighted by Crippen LogP contribution is -2.68. The van der Waals surface area contributed by atoms with Crippen LogP contribution in [0.4, 0.5) is 0 Å². The van der Waals surface area contributed by atoms with Gasteiger partial charge in [0.05, 0.1) is 13.2 Å². The molecule has 1 fully saturated rings. The molecule has 1 aliphatic rings. The Bertz CT molecular complexity index is 239. The smallest absolute Gasteiger partial charge is 0.234 e. The predicted octanol–water partition coefficient (Wildman–Crippen LogP) is -0.439. The lowest BCUT2D eigenvalue weighted by molar-refractivity contribution is -0.125. The topological polar surface area (TPSA) is 67.6 Å². The van der Waals surface area contributed by atoms with Crippen LogP contribution in [0, 0.1) is 0 Å². The number of likely N-dealkylation sites (tertiary alicyclic amines) is 1. The Morgan fingerprint density at radius 3 is 2.75 bits per heavy atom. The lowest BCUT2D eigenvalue weighted by Gasteiger charge is -2.47. The third kappa shape index (κ3) is 3.73. The summed E-state index contributed by atoms with van der Waals surface area (Å²) in [5, 5.41) is 2.88. The number of nitrogens with two attached hydrogens (primary N) is 1. The van der Waals surface area contributed by atoms with Crippen molar-refractivity contribution < 1.29 is 9.53 Å². The van der Waals surface area contributed by atoms with Gasteiger partial charge in [-0.25, -0.2) is 0 Å². The molecule has 1 unspecified atom stereocenters. The average molecular weight is 229 g/mol. The standard InChI is InChI=1S/C11H23N3O2/c1-4-11(12)7-14(8-11)5-10(15)13-9(2)6-16-3/h9H,4-8,12H2,1-3H3,(H,13,15). The van der Waals surface area contributed by atoms with Crippen LogP contribution in [-0.2, 0) is 9.53 Å². The maximum Gasteiger partial charge on any atom is 0.234 e. The number of hydrogen-bond donors (Lipinski definition) is 2. The van der Waals surface area contributed by atoms with E-state index in [1.807, 2.05) is 6.92 Å². The van der Waals surface area contributed by atoms with Gasteiger partial charge in [-0.05, 0) is 13.3 Å². The molecule has 94 valence electrons. The molecule has 5 nitrogen and oxygen atoms in total. The van der Waals surface area contributed by atoms with E-state index in [0.29, 0.717) is 13.2 Å². The number of carbonyl (C=O) groups is 1. The van der Waals surface area contributed by atoms with Gasteiger partial charge in [-0.3, -0.25) is 9.69 Å². The van der Waals surface area contributed by atoms with Crippen LogP contribution in [0.3, 0.4) is 0 Å². The minimum absolute atomic E-state index is 0.0442. The number of rotatable bonds is 6. The fourth-order valence-corrected chi connectivity index (χ4v) is 1.99. The van der Waals surface area contributed by atoms with Crippen LogP contribution >= 0.6 is 0 Å². The number of ether oxygens (including phenoxy) is 1. The number of nitrogens with zero attached hydrogens (tertiary/aromatic N) is 1. The Hall–Kier alpha value is -0.650. The van der Waals surface area contributed by atoms with E-state index in [1.165, 1.54) is 0 Å². The van der Waals surface area contributed by atoms with Gasteiger partial charge in [0.25, 0.3) is 0 Å². The fraction of sp³-hybridized carbons (Fsp3) is 0.909. The maximum absolute atomic E-state index is 11.6. The Labute approximate surface area is 97.3 Å². The molecule has 5 heteroatoms. The molecular weight excluding hydrogens is 206 g/mol. The van der Waals surface area contributed by atoms with Crippen LogP contribution in [0.5, 0.6) is 0 Å². The molecule has 0 bridgehead atoms. The molecule has 0 saturated carbocycles. The summed E-state index contributed by atoms with van der Waals surface area (Å²) < 4.78 is 4.95. The van der Waals surface area contributed by atoms with Crippen LogP contribution in [-0.4, -0.2) is 55.7 Å². The van der Waals surface area contributed by atoms with Gasteiger partial charge in [0.1, 0.15) is 0 Å². The summed E-state index contributed by atoms with van der Waals surface area (Å²) in [5.74, 6) is 0.0442. The summed E-state index contributed by atoms with van der Waals surface area (Å²) in [6, 6.07) is 0.0626. The number of methoxy groups -OCH3 is 1. The minimum atomic E-state index is -0.0710. The summed E-state index contributed by atoms with van der Waals surface area (Å²) in [4.78, 5) is 13.6. The van der Waals surface area contributed by atoms with Crippen molar-refractivity contribution in [1.82, 2.24) is 10.2 Å². The normalized spacial score (nSPS) is 21.2. The highest BCUT2D eigenvalue weighted by Gasteiger charge is 2.38. The highest BCUT2D eigenvalue weighted by molar-refractivity contribution is 5.78. The molecule has 1 rings (SSSR count). The van der Waals surface area contributed by atoms with E-state index >= 15 is 0 Å². The van der Waals surface area contributed by atoms with Crippen LogP contribution < -0.4 is 11.1 Å². The van der Waals surface area contributed by atoms with Crippen molar-refractivity contribution in [3.63, 3.8) is 0 Å². The second kappa shape index (κ2) is 5.61. The van der Waals surface area contributed by atoms with Gasteiger partial charge in [0.2, 0.25) is 5.91 Å². The first-order chi connectivity index (χ1) is 7.49. The molecule has 0 aromatic carbocycles. The number of carbonyl (C=O) groups excluding carboxylic acids is 1. The molecule has 1 amide bonds. The number of nitrogens with one attached hydrogen (secondary N) is 1. The van der Waals surface area contributed by atoms with E-state index in [-0.39, 0.29) is 17.5 Å². The Morgan fingerprint density at radius 1 is 1.62 bits per heavy atom. The van der Waals surface area contributed by atoms with Crippen molar-refractivity contribution in [3.05, 3.63) is 0 Å². The van der Waals surface area contributed by atoms with Crippen molar-refractivity contribution in [1.29, 1.82) is 0 Å². The molecular formula is C11H23N3O2. The molecule has 0 aromatic rings. The molecule has 0 spiro atoms. The molecule has 16 heavy (non-hydrogen) atoms. The third-order valence-electron chi connectivity index (χ3n) is 2.97. The number of hydrogen-bond acceptors (Lipinski definition) is 4. The minimum Gasteiger partial charge on any atom is -0.383 e. The molecule has 1 aliphatic heterocycles. The largest absolute Gasteiger partial charge is 0.383 e. The Balaban J connectivity index is 2.17. The van der Waals surface area contributed by atoms with Crippen LogP contribution in [0.15, 0.2) is 0 Å². The van der Waals surface area contributed by atoms with Gasteiger partial charge < -0.3 is 15.8 Å². The van der Waals surface area contributed by atoms with Crippen molar-refractivity contribution in [3.8, 4) is 0 Å². The van der Waals surface area contributed by atoms with Gasteiger partial charge in [-0.2, -0.15) is 0 Å². The van der Waals surface area contributed by atoms with Gasteiger partial charge in [-0.1, -0.05) is 6.92 Å². The second-order valence-electron chi connectivity index (χ2n) is 4.78.